The van der Waals surface area contributed by atoms with Crippen LogP contribution in [-0.4, -0.2) is 15.7 Å². The maximum absolute atomic E-state index is 11.6. The van der Waals surface area contributed by atoms with Crippen molar-refractivity contribution in [2.45, 2.75) is 27.3 Å². The molecular weight excluding hydrogens is 264 g/mol. The second-order valence-corrected chi connectivity index (χ2v) is 5.45. The summed E-state index contributed by atoms with van der Waals surface area (Å²) in [4.78, 5) is 11.6. The molecule has 0 spiro atoms. The molecule has 2 aromatic rings. The number of nitrogens with zero attached hydrogens (tertiary/aromatic N) is 2. The van der Waals surface area contributed by atoms with Gasteiger partial charge in [0, 0.05) is 42.1 Å². The number of benzene rings is 1. The Kier molecular flexibility index (Phi) is 4.62. The highest BCUT2D eigenvalue weighted by atomic mass is 16.1. The van der Waals surface area contributed by atoms with Crippen LogP contribution in [0.4, 0.5) is 11.4 Å². The lowest BCUT2D eigenvalue weighted by Crippen LogP contribution is -2.17. The van der Waals surface area contributed by atoms with E-state index in [4.69, 9.17) is 0 Å². The van der Waals surface area contributed by atoms with Gasteiger partial charge in [-0.1, -0.05) is 13.8 Å². The van der Waals surface area contributed by atoms with E-state index in [0.29, 0.717) is 0 Å². The van der Waals surface area contributed by atoms with Crippen LogP contribution in [-0.2, 0) is 18.4 Å². The van der Waals surface area contributed by atoms with E-state index in [-0.39, 0.29) is 11.8 Å². The number of anilines is 2. The first-order chi connectivity index (χ1) is 9.97. The molecule has 5 nitrogen and oxygen atoms in total. The molecule has 0 aliphatic rings. The predicted octanol–water partition coefficient (Wildman–Crippen LogP) is 2.94. The Morgan fingerprint density at radius 1 is 1.24 bits per heavy atom. The number of hydrogen-bond acceptors (Lipinski definition) is 3. The number of carbonyl (C=O) groups is 1. The van der Waals surface area contributed by atoms with E-state index in [2.05, 4.69) is 22.7 Å². The molecule has 1 aromatic carbocycles. The fourth-order valence-corrected chi connectivity index (χ4v) is 1.87. The van der Waals surface area contributed by atoms with Crippen molar-refractivity contribution >= 4 is 17.3 Å². The van der Waals surface area contributed by atoms with Gasteiger partial charge in [0.15, 0.2) is 0 Å². The van der Waals surface area contributed by atoms with Crippen LogP contribution in [0.1, 0.15) is 25.1 Å². The van der Waals surface area contributed by atoms with Crippen molar-refractivity contribution in [1.82, 2.24) is 9.78 Å². The molecule has 0 saturated heterocycles. The van der Waals surface area contributed by atoms with Crippen molar-refractivity contribution in [1.29, 1.82) is 0 Å². The van der Waals surface area contributed by atoms with Crippen molar-refractivity contribution in [3.05, 3.63) is 41.7 Å². The summed E-state index contributed by atoms with van der Waals surface area (Å²) in [6, 6.07) is 7.72. The van der Waals surface area contributed by atoms with Crippen molar-refractivity contribution in [2.75, 3.05) is 10.6 Å². The van der Waals surface area contributed by atoms with Gasteiger partial charge in [0.25, 0.3) is 0 Å². The van der Waals surface area contributed by atoms with Gasteiger partial charge in [0.2, 0.25) is 5.91 Å². The average Bonchev–Trinajstić information content (AvgIpc) is 2.78. The van der Waals surface area contributed by atoms with Gasteiger partial charge in [0.05, 0.1) is 6.20 Å². The number of nitrogens with one attached hydrogen (secondary N) is 2. The first-order valence-electron chi connectivity index (χ1n) is 7.09. The van der Waals surface area contributed by atoms with Gasteiger partial charge in [-0.3, -0.25) is 9.48 Å². The summed E-state index contributed by atoms with van der Waals surface area (Å²) in [6.07, 6.45) is 1.87. The molecule has 21 heavy (non-hydrogen) atoms. The standard InChI is InChI=1S/C16H22N4O/c1-11(2)16(21)19-15-7-5-14(6-8-15)17-9-13-10-18-20(4)12(13)3/h5-8,10-11,17H,9H2,1-4H3,(H,19,21). The number of aromatic nitrogens is 2. The van der Waals surface area contributed by atoms with Crippen molar-refractivity contribution < 1.29 is 4.79 Å². The van der Waals surface area contributed by atoms with Crippen LogP contribution in [0.15, 0.2) is 30.5 Å². The minimum atomic E-state index is -0.0173. The molecule has 5 heteroatoms. The number of carbonyl (C=O) groups excluding carboxylic acids is 1. The molecule has 1 aromatic heterocycles. The molecule has 0 unspecified atom stereocenters. The summed E-state index contributed by atoms with van der Waals surface area (Å²) in [5, 5.41) is 10.4. The van der Waals surface area contributed by atoms with Gasteiger partial charge >= 0.3 is 0 Å². The van der Waals surface area contributed by atoms with E-state index in [0.717, 1.165) is 23.6 Å². The average molecular weight is 286 g/mol. The van der Waals surface area contributed by atoms with Crippen LogP contribution in [0.25, 0.3) is 0 Å². The predicted molar refractivity (Wildman–Crippen MR) is 85.2 cm³/mol. The maximum Gasteiger partial charge on any atom is 0.226 e. The minimum Gasteiger partial charge on any atom is -0.381 e. The largest absolute Gasteiger partial charge is 0.381 e. The summed E-state index contributed by atoms with van der Waals surface area (Å²) in [5.41, 5.74) is 4.16. The number of amides is 1. The third-order valence-corrected chi connectivity index (χ3v) is 3.50. The molecular formula is C16H22N4O. The normalized spacial score (nSPS) is 10.7. The molecule has 1 heterocycles. The van der Waals surface area contributed by atoms with Crippen LogP contribution in [0, 0.1) is 12.8 Å². The molecule has 0 radical (unpaired) electrons. The van der Waals surface area contributed by atoms with E-state index in [1.165, 1.54) is 5.56 Å². The van der Waals surface area contributed by atoms with E-state index in [1.54, 1.807) is 0 Å². The quantitative estimate of drug-likeness (QED) is 0.888. The third kappa shape index (κ3) is 3.84. The van der Waals surface area contributed by atoms with Crippen LogP contribution in [0.2, 0.25) is 0 Å². The molecule has 1 amide bonds. The second-order valence-electron chi connectivity index (χ2n) is 5.45. The summed E-state index contributed by atoms with van der Waals surface area (Å²) in [7, 11) is 1.94. The second kappa shape index (κ2) is 6.43. The Bertz CT molecular complexity index is 614. The van der Waals surface area contributed by atoms with E-state index >= 15 is 0 Å². The van der Waals surface area contributed by atoms with Gasteiger partial charge in [-0.15, -0.1) is 0 Å². The Hall–Kier alpha value is -2.30. The molecule has 0 atom stereocenters. The molecule has 2 N–H and O–H groups in total. The van der Waals surface area contributed by atoms with Gasteiger partial charge < -0.3 is 10.6 Å². The molecule has 0 saturated carbocycles. The van der Waals surface area contributed by atoms with Crippen molar-refractivity contribution in [2.24, 2.45) is 13.0 Å². The molecule has 0 aliphatic heterocycles. The highest BCUT2D eigenvalue weighted by Gasteiger charge is 2.07. The zero-order valence-electron chi connectivity index (χ0n) is 13.0. The van der Waals surface area contributed by atoms with Crippen LogP contribution in [0.3, 0.4) is 0 Å². The van der Waals surface area contributed by atoms with Gasteiger partial charge in [0.1, 0.15) is 0 Å². The van der Waals surface area contributed by atoms with Crippen molar-refractivity contribution in [3.63, 3.8) is 0 Å². The topological polar surface area (TPSA) is 58.9 Å². The first kappa shape index (κ1) is 15.1. The lowest BCUT2D eigenvalue weighted by atomic mass is 10.2. The molecule has 112 valence electrons. The number of hydrogen-bond donors (Lipinski definition) is 2. The van der Waals surface area contributed by atoms with Crippen molar-refractivity contribution in [3.8, 4) is 0 Å². The molecule has 0 bridgehead atoms. The maximum atomic E-state index is 11.6. The Balaban J connectivity index is 1.93. The van der Waals surface area contributed by atoms with E-state index in [1.807, 2.05) is 56.0 Å². The minimum absolute atomic E-state index is 0.0173. The van der Waals surface area contributed by atoms with Gasteiger partial charge in [-0.05, 0) is 31.2 Å². The number of aryl methyl sites for hydroxylation is 1. The smallest absolute Gasteiger partial charge is 0.226 e. The highest BCUT2D eigenvalue weighted by molar-refractivity contribution is 5.92. The zero-order valence-corrected chi connectivity index (χ0v) is 13.0. The Morgan fingerprint density at radius 3 is 2.38 bits per heavy atom. The summed E-state index contributed by atoms with van der Waals surface area (Å²) in [6.45, 7) is 6.54. The molecule has 2 rings (SSSR count). The third-order valence-electron chi connectivity index (χ3n) is 3.50. The zero-order chi connectivity index (χ0) is 15.4. The lowest BCUT2D eigenvalue weighted by Gasteiger charge is -2.10. The number of rotatable bonds is 5. The fraction of sp³-hybridized carbons (Fsp3) is 0.375. The SMILES string of the molecule is Cc1c(CNc2ccc(NC(=O)C(C)C)cc2)cnn1C. The fourth-order valence-electron chi connectivity index (χ4n) is 1.87. The Morgan fingerprint density at radius 2 is 1.86 bits per heavy atom. The van der Waals surface area contributed by atoms with Crippen LogP contribution in [0.5, 0.6) is 0 Å². The van der Waals surface area contributed by atoms with Gasteiger partial charge in [-0.25, -0.2) is 0 Å². The molecule has 0 aliphatic carbocycles. The summed E-state index contributed by atoms with van der Waals surface area (Å²) < 4.78 is 1.86. The molecule has 0 fully saturated rings. The summed E-state index contributed by atoms with van der Waals surface area (Å²) in [5.74, 6) is 0.0121. The monoisotopic (exact) mass is 286 g/mol. The van der Waals surface area contributed by atoms with E-state index in [9.17, 15) is 4.79 Å². The highest BCUT2D eigenvalue weighted by Crippen LogP contribution is 2.16. The van der Waals surface area contributed by atoms with E-state index < -0.39 is 0 Å². The van der Waals surface area contributed by atoms with Crippen LogP contribution < -0.4 is 10.6 Å². The summed E-state index contributed by atoms with van der Waals surface area (Å²) >= 11 is 0. The Labute approximate surface area is 125 Å². The van der Waals surface area contributed by atoms with Crippen LogP contribution >= 0.6 is 0 Å². The van der Waals surface area contributed by atoms with Gasteiger partial charge in [-0.2, -0.15) is 5.10 Å². The lowest BCUT2D eigenvalue weighted by molar-refractivity contribution is -0.118. The first-order valence-corrected chi connectivity index (χ1v) is 7.09.